The van der Waals surface area contributed by atoms with Crippen molar-refractivity contribution < 1.29 is 19.7 Å². The maximum absolute atomic E-state index is 10.5. The first-order valence-electron chi connectivity index (χ1n) is 7.80. The molecule has 1 aromatic carbocycles. The molecule has 0 aliphatic carbocycles. The van der Waals surface area contributed by atoms with E-state index in [0.29, 0.717) is 22.2 Å². The number of piperidine rings is 1. The van der Waals surface area contributed by atoms with Gasteiger partial charge in [0.2, 0.25) is 0 Å². The molecule has 24 heavy (non-hydrogen) atoms. The molecule has 3 rings (SSSR count). The van der Waals surface area contributed by atoms with Gasteiger partial charge in [0.25, 0.3) is 0 Å². The molecule has 0 radical (unpaired) electrons. The summed E-state index contributed by atoms with van der Waals surface area (Å²) >= 11 is 1.45. The Labute approximate surface area is 143 Å². The first-order valence-corrected chi connectivity index (χ1v) is 8.62. The lowest BCUT2D eigenvalue weighted by atomic mass is 9.99. The molecule has 1 aliphatic heterocycles. The maximum Gasteiger partial charge on any atom is 0.341 e. The molecule has 1 atom stereocenters. The van der Waals surface area contributed by atoms with Crippen LogP contribution in [0.4, 0.5) is 0 Å². The first-order chi connectivity index (χ1) is 11.6. The fraction of sp³-hybridized carbons (Fsp3) is 0.438. The van der Waals surface area contributed by atoms with E-state index >= 15 is 0 Å². The van der Waals surface area contributed by atoms with Gasteiger partial charge in [0, 0.05) is 5.92 Å². The van der Waals surface area contributed by atoms with Crippen molar-refractivity contribution in [1.82, 2.24) is 15.5 Å². The number of nitrogens with zero attached hydrogens (tertiary/aromatic N) is 2. The number of ether oxygens (including phenoxy) is 1. The number of carboxylic acids is 1. The molecule has 128 valence electrons. The molecule has 0 saturated carbocycles. The molecular weight excluding hydrogens is 330 g/mol. The van der Waals surface area contributed by atoms with Crippen molar-refractivity contribution in [3.8, 4) is 5.75 Å². The maximum atomic E-state index is 10.5. The summed E-state index contributed by atoms with van der Waals surface area (Å²) in [4.78, 5) is 10.5. The van der Waals surface area contributed by atoms with Crippen LogP contribution in [0.25, 0.3) is 0 Å². The van der Waals surface area contributed by atoms with Gasteiger partial charge in [0.15, 0.2) is 11.6 Å². The van der Waals surface area contributed by atoms with E-state index in [1.165, 1.54) is 11.3 Å². The lowest BCUT2D eigenvalue weighted by Crippen LogP contribution is -2.26. The third kappa shape index (κ3) is 4.08. The Morgan fingerprint density at radius 1 is 1.29 bits per heavy atom. The third-order valence-electron chi connectivity index (χ3n) is 3.94. The van der Waals surface area contributed by atoms with Crippen molar-refractivity contribution >= 4 is 17.3 Å². The van der Waals surface area contributed by atoms with E-state index in [0.717, 1.165) is 30.9 Å². The standard InChI is InChI=1S/C16H19N3O4S/c20-13(21)9-23-12-3-1-10(2-4-12)14(22)16-19-18-15(24-16)11-5-7-17-8-6-11/h1-4,11,14,17,22H,5-9H2,(H,20,21). The van der Waals surface area contributed by atoms with Gasteiger partial charge >= 0.3 is 5.97 Å². The second-order valence-electron chi connectivity index (χ2n) is 5.66. The largest absolute Gasteiger partial charge is 0.482 e. The highest BCUT2D eigenvalue weighted by molar-refractivity contribution is 7.11. The van der Waals surface area contributed by atoms with Crippen LogP contribution >= 0.6 is 11.3 Å². The highest BCUT2D eigenvalue weighted by atomic mass is 32.1. The predicted molar refractivity (Wildman–Crippen MR) is 88.4 cm³/mol. The monoisotopic (exact) mass is 349 g/mol. The number of carboxylic acid groups (broad SMARTS) is 1. The molecule has 1 aromatic heterocycles. The van der Waals surface area contributed by atoms with E-state index in [1.807, 2.05) is 0 Å². The van der Waals surface area contributed by atoms with Crippen molar-refractivity contribution in [3.63, 3.8) is 0 Å². The molecule has 0 spiro atoms. The number of hydrogen-bond donors (Lipinski definition) is 3. The summed E-state index contributed by atoms with van der Waals surface area (Å²) in [6.45, 7) is 1.58. The van der Waals surface area contributed by atoms with Crippen LogP contribution in [0.1, 0.15) is 40.4 Å². The lowest BCUT2D eigenvalue weighted by molar-refractivity contribution is -0.139. The molecule has 1 fully saturated rings. The summed E-state index contributed by atoms with van der Waals surface area (Å²) < 4.78 is 5.08. The van der Waals surface area contributed by atoms with Gasteiger partial charge in [0.05, 0.1) is 0 Å². The highest BCUT2D eigenvalue weighted by Gasteiger charge is 2.22. The number of nitrogens with one attached hydrogen (secondary N) is 1. The van der Waals surface area contributed by atoms with Gasteiger partial charge in [-0.2, -0.15) is 0 Å². The van der Waals surface area contributed by atoms with Crippen LogP contribution in [0.2, 0.25) is 0 Å². The normalized spacial score (nSPS) is 16.7. The number of rotatable bonds is 6. The average Bonchev–Trinajstić information content (AvgIpc) is 3.10. The Hall–Kier alpha value is -2.03. The Bertz CT molecular complexity index is 683. The minimum Gasteiger partial charge on any atom is -0.482 e. The van der Waals surface area contributed by atoms with Gasteiger partial charge in [0.1, 0.15) is 16.9 Å². The summed E-state index contributed by atoms with van der Waals surface area (Å²) in [5.74, 6) is -0.170. The second kappa shape index (κ2) is 7.69. The molecule has 8 heteroatoms. The van der Waals surface area contributed by atoms with Gasteiger partial charge < -0.3 is 20.3 Å². The van der Waals surface area contributed by atoms with Gasteiger partial charge in [-0.3, -0.25) is 0 Å². The summed E-state index contributed by atoms with van der Waals surface area (Å²) in [6.07, 6.45) is 1.24. The summed E-state index contributed by atoms with van der Waals surface area (Å²) in [5, 5.41) is 32.3. The fourth-order valence-corrected chi connectivity index (χ4v) is 3.65. The van der Waals surface area contributed by atoms with Gasteiger partial charge in [-0.05, 0) is 43.6 Å². The van der Waals surface area contributed by atoms with Crippen LogP contribution in [0.15, 0.2) is 24.3 Å². The average molecular weight is 349 g/mol. The zero-order chi connectivity index (χ0) is 16.9. The van der Waals surface area contributed by atoms with Crippen molar-refractivity contribution in [1.29, 1.82) is 0 Å². The van der Waals surface area contributed by atoms with Gasteiger partial charge in [-0.15, -0.1) is 10.2 Å². The lowest BCUT2D eigenvalue weighted by Gasteiger charge is -2.19. The molecule has 1 aliphatic rings. The molecule has 1 unspecified atom stereocenters. The van der Waals surface area contributed by atoms with E-state index in [2.05, 4.69) is 15.5 Å². The SMILES string of the molecule is O=C(O)COc1ccc(C(O)c2nnc(C3CCNCC3)s2)cc1. The molecular formula is C16H19N3O4S. The van der Waals surface area contributed by atoms with Crippen LogP contribution in [0, 0.1) is 0 Å². The van der Waals surface area contributed by atoms with Gasteiger partial charge in [-0.1, -0.05) is 23.5 Å². The van der Waals surface area contributed by atoms with Crippen molar-refractivity contribution in [3.05, 3.63) is 39.8 Å². The van der Waals surface area contributed by atoms with Crippen LogP contribution in [-0.2, 0) is 4.79 Å². The van der Waals surface area contributed by atoms with Crippen LogP contribution < -0.4 is 10.1 Å². The molecule has 0 amide bonds. The Kier molecular flexibility index (Phi) is 5.39. The predicted octanol–water partition coefficient (Wildman–Crippen LogP) is 1.55. The topological polar surface area (TPSA) is 105 Å². The number of carbonyl (C=O) groups is 1. The first kappa shape index (κ1) is 16.8. The molecule has 0 bridgehead atoms. The molecule has 3 N–H and O–H groups in total. The number of aliphatic hydroxyl groups excluding tert-OH is 1. The molecule has 2 heterocycles. The zero-order valence-electron chi connectivity index (χ0n) is 13.0. The van der Waals surface area contributed by atoms with Crippen LogP contribution in [0.5, 0.6) is 5.75 Å². The number of aromatic nitrogens is 2. The van der Waals surface area contributed by atoms with E-state index in [-0.39, 0.29) is 0 Å². The third-order valence-corrected chi connectivity index (χ3v) is 5.07. The van der Waals surface area contributed by atoms with Crippen molar-refractivity contribution in [2.24, 2.45) is 0 Å². The Balaban J connectivity index is 1.66. The quantitative estimate of drug-likeness (QED) is 0.727. The summed E-state index contributed by atoms with van der Waals surface area (Å²) in [6, 6.07) is 6.67. The van der Waals surface area contributed by atoms with E-state index in [9.17, 15) is 9.90 Å². The van der Waals surface area contributed by atoms with Crippen molar-refractivity contribution in [2.45, 2.75) is 24.9 Å². The van der Waals surface area contributed by atoms with Gasteiger partial charge in [-0.25, -0.2) is 4.79 Å². The van der Waals surface area contributed by atoms with E-state index in [4.69, 9.17) is 9.84 Å². The summed E-state index contributed by atoms with van der Waals surface area (Å²) in [7, 11) is 0. The Morgan fingerprint density at radius 3 is 2.67 bits per heavy atom. The minimum atomic E-state index is -1.03. The zero-order valence-corrected chi connectivity index (χ0v) is 13.8. The number of aliphatic hydroxyl groups is 1. The van der Waals surface area contributed by atoms with Crippen LogP contribution in [0.3, 0.4) is 0 Å². The number of benzene rings is 1. The molecule has 1 saturated heterocycles. The van der Waals surface area contributed by atoms with E-state index in [1.54, 1.807) is 24.3 Å². The fourth-order valence-electron chi connectivity index (χ4n) is 2.62. The van der Waals surface area contributed by atoms with E-state index < -0.39 is 18.7 Å². The summed E-state index contributed by atoms with van der Waals surface area (Å²) in [5.41, 5.74) is 0.672. The van der Waals surface area contributed by atoms with Crippen LogP contribution in [-0.4, -0.2) is 46.1 Å². The molecule has 2 aromatic rings. The number of aliphatic carboxylic acids is 1. The number of hydrogen-bond acceptors (Lipinski definition) is 7. The van der Waals surface area contributed by atoms with Crippen molar-refractivity contribution in [2.75, 3.05) is 19.7 Å². The smallest absolute Gasteiger partial charge is 0.341 e. The molecule has 7 nitrogen and oxygen atoms in total. The highest BCUT2D eigenvalue weighted by Crippen LogP contribution is 2.32. The second-order valence-corrected chi connectivity index (χ2v) is 6.70. The minimum absolute atomic E-state index is 0.391. The Morgan fingerprint density at radius 2 is 2.00 bits per heavy atom.